The van der Waals surface area contributed by atoms with E-state index < -0.39 is 17.8 Å². The highest BCUT2D eigenvalue weighted by Crippen LogP contribution is 2.07. The summed E-state index contributed by atoms with van der Waals surface area (Å²) in [5.41, 5.74) is -0.515. The van der Waals surface area contributed by atoms with Crippen LogP contribution < -0.4 is 5.32 Å². The number of alkyl carbamates (subject to hydrolysis) is 1. The van der Waals surface area contributed by atoms with Gasteiger partial charge in [0.05, 0.1) is 6.10 Å². The first-order valence-corrected chi connectivity index (χ1v) is 5.03. The molecule has 0 unspecified atom stereocenters. The zero-order chi connectivity index (χ0) is 12.1. The number of nitrogens with one attached hydrogen (secondary N) is 1. The standard InChI is InChI=1S/C11H21NO3/c1-6-8(2)9(13)7-12-10(14)15-11(3,4)5/h6,8-9,13H,1,7H2,2-5H3,(H,12,14)/t8-,9+/m1/s1. The second-order valence-electron chi connectivity index (χ2n) is 4.54. The van der Waals surface area contributed by atoms with E-state index >= 15 is 0 Å². The lowest BCUT2D eigenvalue weighted by molar-refractivity contribution is 0.0476. The van der Waals surface area contributed by atoms with Crippen LogP contribution in [0.3, 0.4) is 0 Å². The molecule has 15 heavy (non-hydrogen) atoms. The molecule has 4 heteroatoms. The summed E-state index contributed by atoms with van der Waals surface area (Å²) in [6, 6.07) is 0. The third-order valence-corrected chi connectivity index (χ3v) is 1.83. The van der Waals surface area contributed by atoms with Crippen LogP contribution in [-0.2, 0) is 4.74 Å². The molecule has 0 aliphatic rings. The second-order valence-corrected chi connectivity index (χ2v) is 4.54. The molecule has 0 bridgehead atoms. The molecule has 0 saturated heterocycles. The van der Waals surface area contributed by atoms with E-state index in [0.29, 0.717) is 0 Å². The van der Waals surface area contributed by atoms with Crippen molar-refractivity contribution < 1.29 is 14.6 Å². The van der Waals surface area contributed by atoms with Crippen LogP contribution in [0.5, 0.6) is 0 Å². The lowest BCUT2D eigenvalue weighted by Crippen LogP contribution is -2.38. The van der Waals surface area contributed by atoms with E-state index in [1.165, 1.54) is 0 Å². The molecule has 0 heterocycles. The van der Waals surface area contributed by atoms with Gasteiger partial charge in [0.1, 0.15) is 5.60 Å². The average Bonchev–Trinajstić information content (AvgIpc) is 2.10. The first-order chi connectivity index (χ1) is 6.76. The van der Waals surface area contributed by atoms with Crippen molar-refractivity contribution in [1.82, 2.24) is 5.32 Å². The number of amides is 1. The topological polar surface area (TPSA) is 58.6 Å². The molecule has 0 spiro atoms. The lowest BCUT2D eigenvalue weighted by atomic mass is 10.1. The van der Waals surface area contributed by atoms with Gasteiger partial charge in [-0.25, -0.2) is 4.79 Å². The molecule has 2 N–H and O–H groups in total. The molecule has 0 aliphatic heterocycles. The molecule has 0 aliphatic carbocycles. The van der Waals surface area contributed by atoms with E-state index in [0.717, 1.165) is 0 Å². The van der Waals surface area contributed by atoms with Crippen LogP contribution in [0.15, 0.2) is 12.7 Å². The van der Waals surface area contributed by atoms with Gasteiger partial charge in [-0.15, -0.1) is 6.58 Å². The number of rotatable bonds is 4. The quantitative estimate of drug-likeness (QED) is 0.702. The van der Waals surface area contributed by atoms with Crippen molar-refractivity contribution in [2.24, 2.45) is 5.92 Å². The maximum atomic E-state index is 11.2. The number of carbonyl (C=O) groups is 1. The average molecular weight is 215 g/mol. The van der Waals surface area contributed by atoms with Crippen molar-refractivity contribution in [2.45, 2.75) is 39.4 Å². The molecule has 2 atom stereocenters. The first kappa shape index (κ1) is 14.0. The summed E-state index contributed by atoms with van der Waals surface area (Å²) in [6.45, 7) is 10.9. The summed E-state index contributed by atoms with van der Waals surface area (Å²) in [5.74, 6) is -0.0556. The molecular formula is C11H21NO3. The Balaban J connectivity index is 3.86. The zero-order valence-electron chi connectivity index (χ0n) is 9.91. The van der Waals surface area contributed by atoms with Crippen molar-refractivity contribution in [2.75, 3.05) is 6.54 Å². The number of hydrogen-bond donors (Lipinski definition) is 2. The lowest BCUT2D eigenvalue weighted by Gasteiger charge is -2.21. The summed E-state index contributed by atoms with van der Waals surface area (Å²) in [6.07, 6.45) is 0.495. The fourth-order valence-electron chi connectivity index (χ4n) is 0.845. The molecule has 4 nitrogen and oxygen atoms in total. The Morgan fingerprint density at radius 1 is 1.60 bits per heavy atom. The van der Waals surface area contributed by atoms with E-state index in [2.05, 4.69) is 11.9 Å². The largest absolute Gasteiger partial charge is 0.444 e. The molecule has 0 aromatic heterocycles. The van der Waals surface area contributed by atoms with Gasteiger partial charge in [0.25, 0.3) is 0 Å². The van der Waals surface area contributed by atoms with Crippen LogP contribution in [0.4, 0.5) is 4.79 Å². The van der Waals surface area contributed by atoms with Crippen LogP contribution in [0.1, 0.15) is 27.7 Å². The molecular weight excluding hydrogens is 194 g/mol. The van der Waals surface area contributed by atoms with Crippen molar-refractivity contribution in [3.8, 4) is 0 Å². The molecule has 0 fully saturated rings. The Kier molecular flexibility index (Phi) is 5.36. The predicted octanol–water partition coefficient (Wildman–Crippen LogP) is 1.69. The van der Waals surface area contributed by atoms with Crippen LogP contribution in [0, 0.1) is 5.92 Å². The van der Waals surface area contributed by atoms with Gasteiger partial charge in [-0.05, 0) is 20.8 Å². The maximum Gasteiger partial charge on any atom is 0.407 e. The van der Waals surface area contributed by atoms with Crippen molar-refractivity contribution in [3.05, 3.63) is 12.7 Å². The highest BCUT2D eigenvalue weighted by molar-refractivity contribution is 5.67. The Bertz CT molecular complexity index is 220. The molecule has 0 aromatic rings. The summed E-state index contributed by atoms with van der Waals surface area (Å²) in [4.78, 5) is 11.2. The van der Waals surface area contributed by atoms with E-state index in [9.17, 15) is 9.90 Å². The summed E-state index contributed by atoms with van der Waals surface area (Å²) in [7, 11) is 0. The van der Waals surface area contributed by atoms with Crippen LogP contribution >= 0.6 is 0 Å². The summed E-state index contributed by atoms with van der Waals surface area (Å²) >= 11 is 0. The normalized spacial score (nSPS) is 15.3. The number of carbonyl (C=O) groups excluding carboxylic acids is 1. The third-order valence-electron chi connectivity index (χ3n) is 1.83. The molecule has 0 aromatic carbocycles. The summed E-state index contributed by atoms with van der Waals surface area (Å²) < 4.78 is 5.01. The van der Waals surface area contributed by atoms with Crippen LogP contribution in [0.2, 0.25) is 0 Å². The van der Waals surface area contributed by atoms with Gasteiger partial charge in [0, 0.05) is 12.5 Å². The SMILES string of the molecule is C=C[C@@H](C)[C@@H](O)CNC(=O)OC(C)(C)C. The predicted molar refractivity (Wildman–Crippen MR) is 59.6 cm³/mol. The summed E-state index contributed by atoms with van der Waals surface area (Å²) in [5, 5.41) is 12.0. The molecule has 0 rings (SSSR count). The van der Waals surface area contributed by atoms with Crippen molar-refractivity contribution in [3.63, 3.8) is 0 Å². The minimum absolute atomic E-state index is 0.0556. The van der Waals surface area contributed by atoms with Crippen LogP contribution in [0.25, 0.3) is 0 Å². The highest BCUT2D eigenvalue weighted by atomic mass is 16.6. The van der Waals surface area contributed by atoms with Gasteiger partial charge in [-0.3, -0.25) is 0 Å². The van der Waals surface area contributed by atoms with Crippen molar-refractivity contribution in [1.29, 1.82) is 0 Å². The Labute approximate surface area is 91.3 Å². The van der Waals surface area contributed by atoms with Crippen molar-refractivity contribution >= 4 is 6.09 Å². The smallest absolute Gasteiger partial charge is 0.407 e. The number of aliphatic hydroxyl groups is 1. The first-order valence-electron chi connectivity index (χ1n) is 5.03. The van der Waals surface area contributed by atoms with E-state index in [1.807, 2.05) is 6.92 Å². The van der Waals surface area contributed by atoms with Gasteiger partial charge >= 0.3 is 6.09 Å². The van der Waals surface area contributed by atoms with Gasteiger partial charge in [0.2, 0.25) is 0 Å². The molecule has 88 valence electrons. The molecule has 0 radical (unpaired) electrons. The number of ether oxygens (including phenoxy) is 1. The van der Waals surface area contributed by atoms with Crippen LogP contribution in [-0.4, -0.2) is 29.4 Å². The highest BCUT2D eigenvalue weighted by Gasteiger charge is 2.17. The molecule has 1 amide bonds. The third kappa shape index (κ3) is 6.96. The second kappa shape index (κ2) is 5.75. The van der Waals surface area contributed by atoms with Gasteiger partial charge in [-0.2, -0.15) is 0 Å². The Hall–Kier alpha value is -1.03. The fourth-order valence-corrected chi connectivity index (χ4v) is 0.845. The fraction of sp³-hybridized carbons (Fsp3) is 0.727. The van der Waals surface area contributed by atoms with E-state index in [1.54, 1.807) is 26.8 Å². The number of hydrogen-bond acceptors (Lipinski definition) is 3. The number of aliphatic hydroxyl groups excluding tert-OH is 1. The Morgan fingerprint density at radius 2 is 2.13 bits per heavy atom. The van der Waals surface area contributed by atoms with Gasteiger partial charge in [-0.1, -0.05) is 13.0 Å². The molecule has 0 saturated carbocycles. The minimum atomic E-state index is -0.630. The van der Waals surface area contributed by atoms with E-state index in [-0.39, 0.29) is 12.5 Å². The van der Waals surface area contributed by atoms with Gasteiger partial charge in [0.15, 0.2) is 0 Å². The minimum Gasteiger partial charge on any atom is -0.444 e. The van der Waals surface area contributed by atoms with E-state index in [4.69, 9.17) is 4.74 Å². The van der Waals surface area contributed by atoms with Gasteiger partial charge < -0.3 is 15.2 Å². The Morgan fingerprint density at radius 3 is 2.53 bits per heavy atom. The monoisotopic (exact) mass is 215 g/mol. The zero-order valence-corrected chi connectivity index (χ0v) is 9.91. The maximum absolute atomic E-state index is 11.2.